The van der Waals surface area contributed by atoms with Gasteiger partial charge in [-0.25, -0.2) is 4.79 Å². The first kappa shape index (κ1) is 21.3. The van der Waals surface area contributed by atoms with Crippen LogP contribution in [0.4, 0.5) is 0 Å². The molecule has 1 rings (SSSR count). The summed E-state index contributed by atoms with van der Waals surface area (Å²) in [6.07, 6.45) is 8.07. The van der Waals surface area contributed by atoms with Gasteiger partial charge in [0.05, 0.1) is 11.0 Å². The van der Waals surface area contributed by atoms with Crippen LogP contribution in [0.25, 0.3) is 0 Å². The van der Waals surface area contributed by atoms with Gasteiger partial charge in [0.1, 0.15) is 5.75 Å². The predicted octanol–water partition coefficient (Wildman–Crippen LogP) is 3.93. The topological polar surface area (TPSA) is 113 Å². The molecule has 0 fully saturated rings. The molecule has 0 heterocycles. The zero-order valence-electron chi connectivity index (χ0n) is 14.9. The van der Waals surface area contributed by atoms with Crippen LogP contribution >= 0.6 is 0 Å². The van der Waals surface area contributed by atoms with Crippen LogP contribution in [0.3, 0.4) is 0 Å². The third-order valence-electron chi connectivity index (χ3n) is 3.81. The van der Waals surface area contributed by atoms with Crippen LogP contribution in [-0.2, 0) is 11.2 Å². The molecule has 0 saturated heterocycles. The highest BCUT2D eigenvalue weighted by Crippen LogP contribution is 2.22. The summed E-state index contributed by atoms with van der Waals surface area (Å²) < 4.78 is 5.13. The van der Waals surface area contributed by atoms with E-state index < -0.39 is 28.1 Å². The molecule has 26 heavy (non-hydrogen) atoms. The van der Waals surface area contributed by atoms with E-state index in [4.69, 9.17) is 4.74 Å². The number of hydrogen-bond acceptors (Lipinski definition) is 6. The number of benzene rings is 1. The van der Waals surface area contributed by atoms with E-state index in [9.17, 15) is 25.0 Å². The average molecular weight is 364 g/mol. The molecule has 0 bridgehead atoms. The van der Waals surface area contributed by atoms with E-state index in [2.05, 4.69) is 6.92 Å². The lowest BCUT2D eigenvalue weighted by Gasteiger charge is -2.09. The van der Waals surface area contributed by atoms with E-state index in [1.54, 1.807) is 24.3 Å². The van der Waals surface area contributed by atoms with Crippen molar-refractivity contribution in [2.45, 2.75) is 51.9 Å². The molecule has 0 aliphatic carbocycles. The summed E-state index contributed by atoms with van der Waals surface area (Å²) >= 11 is 0. The SMILES string of the molecule is CCCCCCCCc1ccccc1OC(=O)/C(=C\C[N+](=O)[O-])[N+](=O)[O-]. The van der Waals surface area contributed by atoms with Crippen molar-refractivity contribution in [3.05, 3.63) is 61.8 Å². The maximum absolute atomic E-state index is 12.0. The summed E-state index contributed by atoms with van der Waals surface area (Å²) in [5.41, 5.74) is -0.149. The highest BCUT2D eigenvalue weighted by Gasteiger charge is 2.26. The molecule has 0 N–H and O–H groups in total. The van der Waals surface area contributed by atoms with E-state index in [1.807, 2.05) is 0 Å². The number of unbranched alkanes of at least 4 members (excludes halogenated alkanes) is 5. The van der Waals surface area contributed by atoms with Crippen molar-refractivity contribution in [2.24, 2.45) is 0 Å². The molecule has 142 valence electrons. The van der Waals surface area contributed by atoms with Crippen LogP contribution in [0.5, 0.6) is 5.75 Å². The minimum atomic E-state index is -1.20. The maximum Gasteiger partial charge on any atom is 0.415 e. The van der Waals surface area contributed by atoms with E-state index in [0.717, 1.165) is 24.8 Å². The molecule has 0 saturated carbocycles. The fraction of sp³-hybridized carbons (Fsp3) is 0.500. The number of aryl methyl sites for hydroxylation is 1. The third-order valence-corrected chi connectivity index (χ3v) is 3.81. The van der Waals surface area contributed by atoms with Crippen molar-refractivity contribution in [1.29, 1.82) is 0 Å². The van der Waals surface area contributed by atoms with Gasteiger partial charge in [-0.15, -0.1) is 0 Å². The smallest absolute Gasteiger partial charge is 0.415 e. The molecule has 0 unspecified atom stereocenters. The van der Waals surface area contributed by atoms with E-state index in [-0.39, 0.29) is 5.75 Å². The monoisotopic (exact) mass is 364 g/mol. The molecule has 0 radical (unpaired) electrons. The van der Waals surface area contributed by atoms with Gasteiger partial charge < -0.3 is 4.74 Å². The van der Waals surface area contributed by atoms with E-state index in [1.165, 1.54) is 19.3 Å². The van der Waals surface area contributed by atoms with Gasteiger partial charge in [0.2, 0.25) is 6.54 Å². The molecule has 1 aromatic carbocycles. The Balaban J connectivity index is 2.70. The first-order chi connectivity index (χ1) is 12.5. The van der Waals surface area contributed by atoms with Gasteiger partial charge in [-0.3, -0.25) is 20.2 Å². The second-order valence-electron chi connectivity index (χ2n) is 5.88. The summed E-state index contributed by atoms with van der Waals surface area (Å²) in [6.45, 7) is 1.34. The van der Waals surface area contributed by atoms with Crippen molar-refractivity contribution in [2.75, 3.05) is 6.54 Å². The van der Waals surface area contributed by atoms with Gasteiger partial charge in [-0.05, 0) is 24.5 Å². The maximum atomic E-state index is 12.0. The van der Waals surface area contributed by atoms with Crippen LogP contribution in [-0.4, -0.2) is 22.4 Å². The Morgan fingerprint density at radius 3 is 2.38 bits per heavy atom. The molecule has 0 aromatic heterocycles. The minimum Gasteiger partial charge on any atom is -0.418 e. The number of rotatable bonds is 12. The molecular formula is C18H24N2O6. The average Bonchev–Trinajstić information content (AvgIpc) is 2.59. The number of carbonyl (C=O) groups excluding carboxylic acids is 1. The van der Waals surface area contributed by atoms with E-state index >= 15 is 0 Å². The quantitative estimate of drug-likeness (QED) is 0.139. The van der Waals surface area contributed by atoms with Crippen molar-refractivity contribution in [1.82, 2.24) is 0 Å². The number of para-hydroxylation sites is 1. The van der Waals surface area contributed by atoms with Crippen molar-refractivity contribution < 1.29 is 19.4 Å². The van der Waals surface area contributed by atoms with Gasteiger partial charge in [0, 0.05) is 4.92 Å². The number of nitrogens with zero attached hydrogens (tertiary/aromatic N) is 2. The van der Waals surface area contributed by atoms with Crippen molar-refractivity contribution in [3.8, 4) is 5.75 Å². The Kier molecular flexibility index (Phi) is 9.59. The first-order valence-electron chi connectivity index (χ1n) is 8.72. The van der Waals surface area contributed by atoms with Gasteiger partial charge in [-0.1, -0.05) is 57.2 Å². The summed E-state index contributed by atoms with van der Waals surface area (Å²) in [6, 6.07) is 6.84. The molecule has 0 amide bonds. The first-order valence-corrected chi connectivity index (χ1v) is 8.72. The predicted molar refractivity (Wildman–Crippen MR) is 96.1 cm³/mol. The molecule has 0 aliphatic heterocycles. The summed E-state index contributed by atoms with van der Waals surface area (Å²) in [7, 11) is 0. The summed E-state index contributed by atoms with van der Waals surface area (Å²) in [5.74, 6) is -0.952. The van der Waals surface area contributed by atoms with Crippen LogP contribution in [0.1, 0.15) is 51.0 Å². The number of nitro groups is 2. The Labute approximate surface area is 152 Å². The normalized spacial score (nSPS) is 11.2. The lowest BCUT2D eigenvalue weighted by molar-refractivity contribution is -0.472. The zero-order chi connectivity index (χ0) is 19.4. The van der Waals surface area contributed by atoms with E-state index in [0.29, 0.717) is 12.5 Å². The van der Waals surface area contributed by atoms with Crippen molar-refractivity contribution in [3.63, 3.8) is 0 Å². The zero-order valence-corrected chi connectivity index (χ0v) is 14.9. The Morgan fingerprint density at radius 2 is 1.73 bits per heavy atom. The van der Waals surface area contributed by atoms with Crippen LogP contribution in [0.2, 0.25) is 0 Å². The fourth-order valence-corrected chi connectivity index (χ4v) is 2.45. The van der Waals surface area contributed by atoms with Crippen LogP contribution in [0, 0.1) is 20.2 Å². The largest absolute Gasteiger partial charge is 0.418 e. The van der Waals surface area contributed by atoms with Gasteiger partial charge in [0.25, 0.3) is 0 Å². The summed E-state index contributed by atoms with van der Waals surface area (Å²) in [5, 5.41) is 21.3. The number of ether oxygens (including phenoxy) is 1. The van der Waals surface area contributed by atoms with Gasteiger partial charge in [0.15, 0.2) is 0 Å². The Hall–Kier alpha value is -2.77. The fourth-order valence-electron chi connectivity index (χ4n) is 2.45. The summed E-state index contributed by atoms with van der Waals surface area (Å²) in [4.78, 5) is 31.6. The molecule has 0 atom stereocenters. The molecule has 0 spiro atoms. The molecule has 8 nitrogen and oxygen atoms in total. The molecule has 1 aromatic rings. The lowest BCUT2D eigenvalue weighted by Crippen LogP contribution is -2.19. The standard InChI is InChI=1S/C18H24N2O6/c1-2-3-4-5-6-7-10-15-11-8-9-12-17(15)26-18(21)16(20(24)25)13-14-19(22)23/h8-9,11-13H,2-7,10,14H2,1H3/b16-13+. The van der Waals surface area contributed by atoms with Gasteiger partial charge in [-0.2, -0.15) is 0 Å². The molecule has 0 aliphatic rings. The number of esters is 1. The van der Waals surface area contributed by atoms with Crippen LogP contribution in [0.15, 0.2) is 36.0 Å². The molecular weight excluding hydrogens is 340 g/mol. The third kappa shape index (κ3) is 7.87. The second-order valence-corrected chi connectivity index (χ2v) is 5.88. The van der Waals surface area contributed by atoms with Gasteiger partial charge >= 0.3 is 11.7 Å². The highest BCUT2D eigenvalue weighted by atomic mass is 16.6. The minimum absolute atomic E-state index is 0.250. The Bertz CT molecular complexity index is 657. The number of hydrogen-bond donors (Lipinski definition) is 0. The Morgan fingerprint density at radius 1 is 1.08 bits per heavy atom. The molecule has 8 heteroatoms. The van der Waals surface area contributed by atoms with Crippen LogP contribution < -0.4 is 4.74 Å². The lowest BCUT2D eigenvalue weighted by atomic mass is 10.0. The highest BCUT2D eigenvalue weighted by molar-refractivity contribution is 5.87. The van der Waals surface area contributed by atoms with Crippen molar-refractivity contribution >= 4 is 5.97 Å². The second kappa shape index (κ2) is 11.7. The number of carbonyl (C=O) groups is 1.